The van der Waals surface area contributed by atoms with Crippen LogP contribution in [0, 0.1) is 6.92 Å². The first-order chi connectivity index (χ1) is 14.1. The van der Waals surface area contributed by atoms with Crippen molar-refractivity contribution in [1.82, 2.24) is 9.88 Å². The maximum absolute atomic E-state index is 13.0. The SMILES string of the molecule is C=CCn1c(C(=O)NCc2cccc(C(F)(F)F)c2)c(C)c2cc(C(C)C)ccc21. The van der Waals surface area contributed by atoms with Crippen molar-refractivity contribution in [1.29, 1.82) is 0 Å². The van der Waals surface area contributed by atoms with E-state index in [-0.39, 0.29) is 12.5 Å². The van der Waals surface area contributed by atoms with E-state index in [1.165, 1.54) is 11.6 Å². The fourth-order valence-electron chi connectivity index (χ4n) is 3.63. The molecular weight excluding hydrogens is 389 g/mol. The predicted molar refractivity (Wildman–Crippen MR) is 114 cm³/mol. The molecule has 6 heteroatoms. The summed E-state index contributed by atoms with van der Waals surface area (Å²) in [7, 11) is 0. The summed E-state index contributed by atoms with van der Waals surface area (Å²) < 4.78 is 40.7. The van der Waals surface area contributed by atoms with E-state index in [9.17, 15) is 18.0 Å². The first-order valence-corrected chi connectivity index (χ1v) is 9.81. The largest absolute Gasteiger partial charge is 0.416 e. The minimum atomic E-state index is -4.42. The molecule has 0 atom stereocenters. The Morgan fingerprint density at radius 1 is 1.20 bits per heavy atom. The second kappa shape index (κ2) is 8.38. The average Bonchev–Trinajstić information content (AvgIpc) is 2.97. The highest BCUT2D eigenvalue weighted by Gasteiger charge is 2.30. The van der Waals surface area contributed by atoms with Crippen LogP contribution in [0.15, 0.2) is 55.1 Å². The average molecular weight is 414 g/mol. The summed E-state index contributed by atoms with van der Waals surface area (Å²) in [6.07, 6.45) is -2.69. The number of hydrogen-bond acceptors (Lipinski definition) is 1. The summed E-state index contributed by atoms with van der Waals surface area (Å²) in [6, 6.07) is 11.1. The third-order valence-corrected chi connectivity index (χ3v) is 5.24. The van der Waals surface area contributed by atoms with Crippen molar-refractivity contribution in [2.24, 2.45) is 0 Å². The number of halogens is 3. The van der Waals surface area contributed by atoms with Crippen molar-refractivity contribution in [3.05, 3.63) is 83.1 Å². The highest BCUT2D eigenvalue weighted by molar-refractivity contribution is 6.01. The van der Waals surface area contributed by atoms with E-state index in [4.69, 9.17) is 0 Å². The molecule has 0 aliphatic carbocycles. The number of alkyl halides is 3. The van der Waals surface area contributed by atoms with Gasteiger partial charge in [0.05, 0.1) is 5.56 Å². The summed E-state index contributed by atoms with van der Waals surface area (Å²) in [5.74, 6) is 0.0313. The van der Waals surface area contributed by atoms with Gasteiger partial charge in [-0.05, 0) is 53.8 Å². The molecule has 0 aliphatic rings. The smallest absolute Gasteiger partial charge is 0.347 e. The van der Waals surface area contributed by atoms with Crippen molar-refractivity contribution in [3.8, 4) is 0 Å². The van der Waals surface area contributed by atoms with Gasteiger partial charge in [0.25, 0.3) is 5.91 Å². The molecule has 0 unspecified atom stereocenters. The van der Waals surface area contributed by atoms with E-state index in [1.807, 2.05) is 17.6 Å². The molecule has 30 heavy (non-hydrogen) atoms. The van der Waals surface area contributed by atoms with Crippen LogP contribution >= 0.6 is 0 Å². The molecule has 0 spiro atoms. The Kier molecular flexibility index (Phi) is 6.06. The van der Waals surface area contributed by atoms with Crippen LogP contribution in [0.25, 0.3) is 10.9 Å². The molecule has 3 rings (SSSR count). The second-order valence-corrected chi connectivity index (χ2v) is 7.68. The van der Waals surface area contributed by atoms with Crippen LogP contribution in [0.1, 0.15) is 52.5 Å². The molecule has 0 bridgehead atoms. The molecule has 1 N–H and O–H groups in total. The number of nitrogens with one attached hydrogen (secondary N) is 1. The molecule has 2 aromatic carbocycles. The number of amides is 1. The van der Waals surface area contributed by atoms with Gasteiger partial charge in [-0.15, -0.1) is 6.58 Å². The molecule has 0 aliphatic heterocycles. The Hall–Kier alpha value is -3.02. The number of carbonyl (C=O) groups is 1. The Bertz CT molecular complexity index is 1090. The number of nitrogens with zero attached hydrogens (tertiary/aromatic N) is 1. The summed E-state index contributed by atoms with van der Waals surface area (Å²) in [4.78, 5) is 13.0. The number of aryl methyl sites for hydroxylation is 1. The number of aromatic nitrogens is 1. The lowest BCUT2D eigenvalue weighted by Gasteiger charge is -2.12. The number of hydrogen-bond donors (Lipinski definition) is 1. The second-order valence-electron chi connectivity index (χ2n) is 7.68. The summed E-state index contributed by atoms with van der Waals surface area (Å²) in [5.41, 5.74) is 3.11. The van der Waals surface area contributed by atoms with Crippen molar-refractivity contribution in [2.75, 3.05) is 0 Å². The van der Waals surface area contributed by atoms with Crippen LogP contribution < -0.4 is 5.32 Å². The molecule has 1 aromatic heterocycles. The number of allylic oxidation sites excluding steroid dienone is 1. The number of carbonyl (C=O) groups excluding carboxylic acids is 1. The summed E-state index contributed by atoms with van der Waals surface area (Å²) >= 11 is 0. The lowest BCUT2D eigenvalue weighted by Crippen LogP contribution is -2.26. The van der Waals surface area contributed by atoms with E-state index >= 15 is 0 Å². The van der Waals surface area contributed by atoms with Crippen LogP contribution in [0.3, 0.4) is 0 Å². The normalized spacial score (nSPS) is 11.8. The van der Waals surface area contributed by atoms with E-state index in [1.54, 1.807) is 12.1 Å². The van der Waals surface area contributed by atoms with Gasteiger partial charge >= 0.3 is 6.18 Å². The Labute approximate surface area is 174 Å². The van der Waals surface area contributed by atoms with Gasteiger partial charge < -0.3 is 9.88 Å². The molecule has 0 fully saturated rings. The van der Waals surface area contributed by atoms with E-state index in [2.05, 4.69) is 37.9 Å². The number of benzene rings is 2. The fraction of sp³-hybridized carbons (Fsp3) is 0.292. The van der Waals surface area contributed by atoms with Crippen LogP contribution in [0.5, 0.6) is 0 Å². The van der Waals surface area contributed by atoms with E-state index in [0.717, 1.165) is 28.6 Å². The van der Waals surface area contributed by atoms with Crippen molar-refractivity contribution in [3.63, 3.8) is 0 Å². The van der Waals surface area contributed by atoms with Crippen LogP contribution in [0.4, 0.5) is 13.2 Å². The lowest BCUT2D eigenvalue weighted by molar-refractivity contribution is -0.137. The van der Waals surface area contributed by atoms with Gasteiger partial charge in [-0.1, -0.05) is 38.1 Å². The maximum Gasteiger partial charge on any atom is 0.416 e. The third-order valence-electron chi connectivity index (χ3n) is 5.24. The molecule has 3 aromatic rings. The van der Waals surface area contributed by atoms with Gasteiger partial charge in [-0.2, -0.15) is 13.2 Å². The molecule has 1 heterocycles. The first-order valence-electron chi connectivity index (χ1n) is 9.81. The highest BCUT2D eigenvalue weighted by atomic mass is 19.4. The monoisotopic (exact) mass is 414 g/mol. The Balaban J connectivity index is 1.93. The third kappa shape index (κ3) is 4.27. The lowest BCUT2D eigenvalue weighted by atomic mass is 10.0. The van der Waals surface area contributed by atoms with E-state index in [0.29, 0.717) is 23.7 Å². The molecule has 0 radical (unpaired) electrons. The van der Waals surface area contributed by atoms with Crippen LogP contribution in [-0.2, 0) is 19.3 Å². The van der Waals surface area contributed by atoms with Crippen LogP contribution in [0.2, 0.25) is 0 Å². The van der Waals surface area contributed by atoms with Crippen molar-refractivity contribution < 1.29 is 18.0 Å². The molecular formula is C24H25F3N2O. The van der Waals surface area contributed by atoms with Gasteiger partial charge in [-0.25, -0.2) is 0 Å². The van der Waals surface area contributed by atoms with Crippen molar-refractivity contribution >= 4 is 16.8 Å². The molecule has 3 nitrogen and oxygen atoms in total. The fourth-order valence-corrected chi connectivity index (χ4v) is 3.63. The zero-order valence-corrected chi connectivity index (χ0v) is 17.3. The first kappa shape index (κ1) is 21.7. The predicted octanol–water partition coefficient (Wildman–Crippen LogP) is 6.21. The maximum atomic E-state index is 13.0. The van der Waals surface area contributed by atoms with Gasteiger partial charge in [0.2, 0.25) is 0 Å². The zero-order valence-electron chi connectivity index (χ0n) is 17.3. The molecule has 0 saturated heterocycles. The van der Waals surface area contributed by atoms with E-state index < -0.39 is 11.7 Å². The van der Waals surface area contributed by atoms with Gasteiger partial charge in [0.1, 0.15) is 5.69 Å². The van der Waals surface area contributed by atoms with Gasteiger partial charge in [0, 0.05) is 24.0 Å². The Morgan fingerprint density at radius 3 is 2.57 bits per heavy atom. The summed E-state index contributed by atoms with van der Waals surface area (Å²) in [5, 5.41) is 3.76. The number of rotatable bonds is 6. The summed E-state index contributed by atoms with van der Waals surface area (Å²) in [6.45, 7) is 10.4. The molecule has 0 saturated carbocycles. The molecule has 158 valence electrons. The van der Waals surface area contributed by atoms with Gasteiger partial charge in [-0.3, -0.25) is 4.79 Å². The molecule has 1 amide bonds. The topological polar surface area (TPSA) is 34.0 Å². The minimum absolute atomic E-state index is 0.00898. The quantitative estimate of drug-likeness (QED) is 0.478. The standard InChI is InChI=1S/C24H25F3N2O/c1-5-11-29-21-10-9-18(15(2)3)13-20(21)16(4)22(29)23(30)28-14-17-7-6-8-19(12-17)24(25,26)27/h5-10,12-13,15H,1,11,14H2,2-4H3,(H,28,30). The highest BCUT2D eigenvalue weighted by Crippen LogP contribution is 2.30. The van der Waals surface area contributed by atoms with Crippen molar-refractivity contribution in [2.45, 2.75) is 46.0 Å². The zero-order chi connectivity index (χ0) is 22.1. The Morgan fingerprint density at radius 2 is 1.93 bits per heavy atom. The number of fused-ring (bicyclic) bond motifs is 1. The van der Waals surface area contributed by atoms with Crippen LogP contribution in [-0.4, -0.2) is 10.5 Å². The minimum Gasteiger partial charge on any atom is -0.347 e. The van der Waals surface area contributed by atoms with Gasteiger partial charge in [0.15, 0.2) is 0 Å².